The van der Waals surface area contributed by atoms with Crippen molar-refractivity contribution in [3.63, 3.8) is 0 Å². The molecule has 4 nitrogen and oxygen atoms in total. The van der Waals surface area contributed by atoms with Gasteiger partial charge in [-0.05, 0) is 49.5 Å². The highest BCUT2D eigenvalue weighted by Crippen LogP contribution is 2.17. The lowest BCUT2D eigenvalue weighted by Crippen LogP contribution is -2.38. The van der Waals surface area contributed by atoms with Crippen molar-refractivity contribution in [1.82, 2.24) is 4.90 Å². The van der Waals surface area contributed by atoms with Gasteiger partial charge in [-0.3, -0.25) is 4.79 Å². The number of hydrogen-bond donors (Lipinski definition) is 1. The van der Waals surface area contributed by atoms with Crippen LogP contribution in [0.2, 0.25) is 0 Å². The van der Waals surface area contributed by atoms with E-state index in [1.54, 1.807) is 6.08 Å². The van der Waals surface area contributed by atoms with Crippen molar-refractivity contribution >= 4 is 12.0 Å². The standard InChI is InChI=1S/C17H23NO3/c1-2-21-16-6-3-14(4-7-16)5-8-17(20)18-11-9-15(13-19)10-12-18/h3-8,15,19H,2,9-13H2,1H3/b8-5+. The highest BCUT2D eigenvalue weighted by molar-refractivity contribution is 5.91. The van der Waals surface area contributed by atoms with Crippen LogP contribution in [0.4, 0.5) is 0 Å². The number of ether oxygens (including phenoxy) is 1. The fourth-order valence-corrected chi connectivity index (χ4v) is 2.45. The lowest BCUT2D eigenvalue weighted by atomic mass is 9.98. The van der Waals surface area contributed by atoms with Gasteiger partial charge >= 0.3 is 0 Å². The Balaban J connectivity index is 1.87. The molecular formula is C17H23NO3. The van der Waals surface area contributed by atoms with Gasteiger partial charge in [0.2, 0.25) is 5.91 Å². The number of nitrogens with zero attached hydrogens (tertiary/aromatic N) is 1. The molecule has 1 saturated heterocycles. The number of rotatable bonds is 5. The van der Waals surface area contributed by atoms with E-state index in [9.17, 15) is 4.79 Å². The Bertz CT molecular complexity index is 473. The molecule has 0 atom stereocenters. The van der Waals surface area contributed by atoms with E-state index in [-0.39, 0.29) is 12.5 Å². The summed E-state index contributed by atoms with van der Waals surface area (Å²) in [6.07, 6.45) is 5.23. The molecule has 1 aliphatic heterocycles. The van der Waals surface area contributed by atoms with Crippen molar-refractivity contribution in [1.29, 1.82) is 0 Å². The van der Waals surface area contributed by atoms with Crippen LogP contribution >= 0.6 is 0 Å². The molecule has 0 bridgehead atoms. The van der Waals surface area contributed by atoms with E-state index in [0.29, 0.717) is 12.5 Å². The van der Waals surface area contributed by atoms with Gasteiger partial charge in [-0.25, -0.2) is 0 Å². The van der Waals surface area contributed by atoms with Gasteiger partial charge in [0.1, 0.15) is 5.75 Å². The maximum Gasteiger partial charge on any atom is 0.246 e. The summed E-state index contributed by atoms with van der Waals surface area (Å²) < 4.78 is 5.38. The van der Waals surface area contributed by atoms with Gasteiger partial charge in [-0.1, -0.05) is 12.1 Å². The largest absolute Gasteiger partial charge is 0.494 e. The fourth-order valence-electron chi connectivity index (χ4n) is 2.45. The molecule has 21 heavy (non-hydrogen) atoms. The first-order valence-electron chi connectivity index (χ1n) is 7.53. The van der Waals surface area contributed by atoms with Gasteiger partial charge < -0.3 is 14.7 Å². The molecule has 4 heteroatoms. The second-order valence-corrected chi connectivity index (χ2v) is 5.29. The summed E-state index contributed by atoms with van der Waals surface area (Å²) >= 11 is 0. The second-order valence-electron chi connectivity index (χ2n) is 5.29. The zero-order valence-corrected chi connectivity index (χ0v) is 12.5. The van der Waals surface area contributed by atoms with Crippen molar-refractivity contribution in [2.75, 3.05) is 26.3 Å². The van der Waals surface area contributed by atoms with Gasteiger partial charge in [0.05, 0.1) is 6.61 Å². The van der Waals surface area contributed by atoms with Crippen LogP contribution in [0, 0.1) is 5.92 Å². The number of amides is 1. The molecule has 0 aromatic heterocycles. The number of aliphatic hydroxyl groups excluding tert-OH is 1. The van der Waals surface area contributed by atoms with Crippen LogP contribution in [0.5, 0.6) is 5.75 Å². The molecule has 1 N–H and O–H groups in total. The Hall–Kier alpha value is -1.81. The molecule has 1 fully saturated rings. The first kappa shape index (κ1) is 15.6. The van der Waals surface area contributed by atoms with Crippen molar-refractivity contribution in [3.8, 4) is 5.75 Å². The van der Waals surface area contributed by atoms with E-state index < -0.39 is 0 Å². The Morgan fingerprint density at radius 2 is 2.00 bits per heavy atom. The number of piperidine rings is 1. The first-order valence-corrected chi connectivity index (χ1v) is 7.53. The molecule has 0 aliphatic carbocycles. The smallest absolute Gasteiger partial charge is 0.246 e. The van der Waals surface area contributed by atoms with Crippen LogP contribution in [-0.4, -0.2) is 42.2 Å². The summed E-state index contributed by atoms with van der Waals surface area (Å²) in [6.45, 7) is 4.29. The summed E-state index contributed by atoms with van der Waals surface area (Å²) in [5.41, 5.74) is 0.983. The predicted molar refractivity (Wildman–Crippen MR) is 83.0 cm³/mol. The molecule has 0 spiro atoms. The lowest BCUT2D eigenvalue weighted by molar-refractivity contribution is -0.127. The van der Waals surface area contributed by atoms with Crippen molar-refractivity contribution in [2.24, 2.45) is 5.92 Å². The van der Waals surface area contributed by atoms with Gasteiger partial charge in [-0.15, -0.1) is 0 Å². The van der Waals surface area contributed by atoms with Gasteiger partial charge in [0.25, 0.3) is 0 Å². The van der Waals surface area contributed by atoms with E-state index in [1.165, 1.54) is 0 Å². The number of hydrogen-bond acceptors (Lipinski definition) is 3. The van der Waals surface area contributed by atoms with Crippen LogP contribution in [-0.2, 0) is 4.79 Å². The minimum absolute atomic E-state index is 0.0419. The molecule has 1 aliphatic rings. The summed E-state index contributed by atoms with van der Waals surface area (Å²) in [5, 5.41) is 9.10. The number of benzene rings is 1. The quantitative estimate of drug-likeness (QED) is 0.846. The van der Waals surface area contributed by atoms with E-state index >= 15 is 0 Å². The van der Waals surface area contributed by atoms with Gasteiger partial charge in [-0.2, -0.15) is 0 Å². The molecule has 1 aromatic rings. The Morgan fingerprint density at radius 1 is 1.33 bits per heavy atom. The summed E-state index contributed by atoms with van der Waals surface area (Å²) in [5.74, 6) is 1.23. The minimum atomic E-state index is 0.0419. The third-order valence-corrected chi connectivity index (χ3v) is 3.79. The van der Waals surface area contributed by atoms with Crippen LogP contribution in [0.1, 0.15) is 25.3 Å². The third kappa shape index (κ3) is 4.60. The lowest BCUT2D eigenvalue weighted by Gasteiger charge is -2.30. The molecule has 1 aromatic carbocycles. The molecular weight excluding hydrogens is 266 g/mol. The van der Waals surface area contributed by atoms with E-state index in [0.717, 1.165) is 37.2 Å². The Morgan fingerprint density at radius 3 is 2.57 bits per heavy atom. The Labute approximate surface area is 126 Å². The summed E-state index contributed by atoms with van der Waals surface area (Å²) in [4.78, 5) is 13.9. The van der Waals surface area contributed by atoms with E-state index in [2.05, 4.69) is 0 Å². The molecule has 2 rings (SSSR count). The van der Waals surface area contributed by atoms with E-state index in [4.69, 9.17) is 9.84 Å². The van der Waals surface area contributed by atoms with Gasteiger partial charge in [0.15, 0.2) is 0 Å². The van der Waals surface area contributed by atoms with Crippen LogP contribution < -0.4 is 4.74 Å². The van der Waals surface area contributed by atoms with Crippen molar-refractivity contribution < 1.29 is 14.6 Å². The normalized spacial score (nSPS) is 16.4. The minimum Gasteiger partial charge on any atom is -0.494 e. The molecule has 0 radical (unpaired) electrons. The first-order chi connectivity index (χ1) is 10.2. The zero-order chi connectivity index (χ0) is 15.1. The van der Waals surface area contributed by atoms with Crippen molar-refractivity contribution in [3.05, 3.63) is 35.9 Å². The second kappa shape index (κ2) is 7.84. The van der Waals surface area contributed by atoms with Crippen molar-refractivity contribution in [2.45, 2.75) is 19.8 Å². The molecule has 1 heterocycles. The number of aliphatic hydroxyl groups is 1. The summed E-state index contributed by atoms with van der Waals surface area (Å²) in [7, 11) is 0. The molecule has 0 unspecified atom stereocenters. The maximum atomic E-state index is 12.1. The topological polar surface area (TPSA) is 49.8 Å². The Kier molecular flexibility index (Phi) is 5.81. The third-order valence-electron chi connectivity index (χ3n) is 3.79. The van der Waals surface area contributed by atoms with Crippen LogP contribution in [0.15, 0.2) is 30.3 Å². The highest BCUT2D eigenvalue weighted by atomic mass is 16.5. The molecule has 1 amide bonds. The molecule has 114 valence electrons. The summed E-state index contributed by atoms with van der Waals surface area (Å²) in [6, 6.07) is 7.68. The van der Waals surface area contributed by atoms with Crippen LogP contribution in [0.3, 0.4) is 0 Å². The highest BCUT2D eigenvalue weighted by Gasteiger charge is 2.20. The SMILES string of the molecule is CCOc1ccc(/C=C/C(=O)N2CCC(CO)CC2)cc1. The average molecular weight is 289 g/mol. The zero-order valence-electron chi connectivity index (χ0n) is 12.5. The predicted octanol–water partition coefficient (Wildman–Crippen LogP) is 2.33. The fraction of sp³-hybridized carbons (Fsp3) is 0.471. The van der Waals surface area contributed by atoms with Gasteiger partial charge in [0, 0.05) is 25.8 Å². The average Bonchev–Trinajstić information content (AvgIpc) is 2.54. The van der Waals surface area contributed by atoms with Crippen LogP contribution in [0.25, 0.3) is 6.08 Å². The maximum absolute atomic E-state index is 12.1. The van der Waals surface area contributed by atoms with E-state index in [1.807, 2.05) is 42.2 Å². The number of likely N-dealkylation sites (tertiary alicyclic amines) is 1. The monoisotopic (exact) mass is 289 g/mol. The number of carbonyl (C=O) groups is 1. The molecule has 0 saturated carbocycles. The number of carbonyl (C=O) groups excluding carboxylic acids is 1.